The van der Waals surface area contributed by atoms with E-state index in [2.05, 4.69) is 13.8 Å². The van der Waals surface area contributed by atoms with Crippen molar-refractivity contribution in [2.24, 2.45) is 5.92 Å². The molecule has 0 aliphatic rings. The molecule has 0 aromatic heterocycles. The molecule has 1 rings (SSSR count). The van der Waals surface area contributed by atoms with Gasteiger partial charge in [-0.05, 0) is 37.0 Å². The molecule has 0 saturated heterocycles. The lowest BCUT2D eigenvalue weighted by Gasteiger charge is -2.23. The third-order valence-corrected chi connectivity index (χ3v) is 3.73. The van der Waals surface area contributed by atoms with Crippen LogP contribution in [0.15, 0.2) is 24.3 Å². The van der Waals surface area contributed by atoms with Crippen LogP contribution < -0.4 is 4.74 Å². The zero-order chi connectivity index (χ0) is 17.9. The molecule has 0 aliphatic carbocycles. The molecule has 134 valence electrons. The van der Waals surface area contributed by atoms with Crippen LogP contribution in [0.1, 0.15) is 39.2 Å². The van der Waals surface area contributed by atoms with Crippen LogP contribution in [-0.2, 0) is 20.7 Å². The van der Waals surface area contributed by atoms with Crippen LogP contribution in [0.4, 0.5) is 0 Å². The number of benzene rings is 1. The summed E-state index contributed by atoms with van der Waals surface area (Å²) in [5, 5.41) is 0. The normalized spacial score (nSPS) is 10.5. The van der Waals surface area contributed by atoms with E-state index in [0.717, 1.165) is 17.7 Å². The average molecular weight is 335 g/mol. The van der Waals surface area contributed by atoms with Gasteiger partial charge in [0.05, 0.1) is 26.6 Å². The van der Waals surface area contributed by atoms with E-state index in [1.807, 2.05) is 24.3 Å². The van der Waals surface area contributed by atoms with E-state index < -0.39 is 0 Å². The highest BCUT2D eigenvalue weighted by atomic mass is 16.5. The summed E-state index contributed by atoms with van der Waals surface area (Å²) in [6, 6.07) is 7.48. The third-order valence-electron chi connectivity index (χ3n) is 3.73. The van der Waals surface area contributed by atoms with Gasteiger partial charge < -0.3 is 14.4 Å². The van der Waals surface area contributed by atoms with E-state index in [4.69, 9.17) is 9.47 Å². The number of methoxy groups -OCH3 is 1. The maximum atomic E-state index is 12.6. The minimum Gasteiger partial charge on any atom is -0.497 e. The maximum absolute atomic E-state index is 12.6. The lowest BCUT2D eigenvalue weighted by atomic mass is 10.1. The van der Waals surface area contributed by atoms with Gasteiger partial charge in [0.1, 0.15) is 5.75 Å². The summed E-state index contributed by atoms with van der Waals surface area (Å²) in [6.07, 6.45) is 1.47. The molecule has 1 aromatic carbocycles. The Hall–Kier alpha value is -2.04. The molecule has 0 unspecified atom stereocenters. The summed E-state index contributed by atoms with van der Waals surface area (Å²) >= 11 is 0. The fourth-order valence-corrected chi connectivity index (χ4v) is 2.26. The molecule has 0 bridgehead atoms. The number of amides is 1. The summed E-state index contributed by atoms with van der Waals surface area (Å²) in [6.45, 7) is 7.45. The molecule has 0 fully saturated rings. The Morgan fingerprint density at radius 2 is 1.79 bits per heavy atom. The highest BCUT2D eigenvalue weighted by molar-refractivity contribution is 5.79. The molecule has 5 heteroatoms. The van der Waals surface area contributed by atoms with Crippen LogP contribution in [0.3, 0.4) is 0 Å². The molecule has 0 N–H and O–H groups in total. The molecule has 5 nitrogen and oxygen atoms in total. The zero-order valence-corrected chi connectivity index (χ0v) is 15.2. The van der Waals surface area contributed by atoms with Gasteiger partial charge in [0.2, 0.25) is 5.91 Å². The van der Waals surface area contributed by atoms with Gasteiger partial charge >= 0.3 is 5.97 Å². The number of rotatable bonds is 10. The number of nitrogens with zero attached hydrogens (tertiary/aromatic N) is 1. The quantitative estimate of drug-likeness (QED) is 0.617. The van der Waals surface area contributed by atoms with Crippen molar-refractivity contribution in [3.63, 3.8) is 0 Å². The molecule has 0 aliphatic heterocycles. The van der Waals surface area contributed by atoms with Gasteiger partial charge in [-0.2, -0.15) is 0 Å². The van der Waals surface area contributed by atoms with Gasteiger partial charge in [-0.1, -0.05) is 26.0 Å². The molecule has 1 aromatic rings. The Morgan fingerprint density at radius 1 is 1.12 bits per heavy atom. The third kappa shape index (κ3) is 7.49. The van der Waals surface area contributed by atoms with Crippen LogP contribution in [0.25, 0.3) is 0 Å². The van der Waals surface area contributed by atoms with E-state index in [-0.39, 0.29) is 18.3 Å². The number of carbonyl (C=O) groups is 2. The Bertz CT molecular complexity index is 511. The first-order valence-corrected chi connectivity index (χ1v) is 8.52. The van der Waals surface area contributed by atoms with Gasteiger partial charge in [-0.3, -0.25) is 9.59 Å². The first kappa shape index (κ1) is 20.0. The van der Waals surface area contributed by atoms with Gasteiger partial charge in [0.25, 0.3) is 0 Å². The van der Waals surface area contributed by atoms with E-state index in [0.29, 0.717) is 32.0 Å². The Balaban J connectivity index is 2.64. The number of esters is 1. The molecule has 24 heavy (non-hydrogen) atoms. The summed E-state index contributed by atoms with van der Waals surface area (Å²) in [5.74, 6) is 1.04. The first-order chi connectivity index (χ1) is 11.5. The van der Waals surface area contributed by atoms with Crippen molar-refractivity contribution in [2.45, 2.75) is 40.0 Å². The summed E-state index contributed by atoms with van der Waals surface area (Å²) in [4.78, 5) is 25.9. The van der Waals surface area contributed by atoms with Crippen LogP contribution in [0.2, 0.25) is 0 Å². The Morgan fingerprint density at radius 3 is 2.33 bits per heavy atom. The monoisotopic (exact) mass is 335 g/mol. The second-order valence-corrected chi connectivity index (χ2v) is 6.14. The molecule has 1 amide bonds. The van der Waals surface area contributed by atoms with Crippen LogP contribution >= 0.6 is 0 Å². The van der Waals surface area contributed by atoms with Crippen LogP contribution in [0.5, 0.6) is 5.75 Å². The van der Waals surface area contributed by atoms with Crippen molar-refractivity contribution in [3.8, 4) is 5.75 Å². The largest absolute Gasteiger partial charge is 0.497 e. The molecular formula is C19H29NO4. The maximum Gasteiger partial charge on any atom is 0.307 e. The van der Waals surface area contributed by atoms with Crippen molar-refractivity contribution in [1.29, 1.82) is 0 Å². The van der Waals surface area contributed by atoms with Gasteiger partial charge in [0.15, 0.2) is 0 Å². The SMILES string of the molecule is CCOC(=O)CCN(CCC(C)C)C(=O)Cc1ccc(OC)cc1. The molecule has 0 radical (unpaired) electrons. The lowest BCUT2D eigenvalue weighted by Crippen LogP contribution is -2.35. The highest BCUT2D eigenvalue weighted by Gasteiger charge is 2.16. The number of hydrogen-bond donors (Lipinski definition) is 0. The average Bonchev–Trinajstić information content (AvgIpc) is 2.55. The fraction of sp³-hybridized carbons (Fsp3) is 0.579. The number of ether oxygens (including phenoxy) is 2. The zero-order valence-electron chi connectivity index (χ0n) is 15.2. The first-order valence-electron chi connectivity index (χ1n) is 8.52. The minimum absolute atomic E-state index is 0.0325. The summed E-state index contributed by atoms with van der Waals surface area (Å²) in [7, 11) is 1.61. The van der Waals surface area contributed by atoms with E-state index in [9.17, 15) is 9.59 Å². The van der Waals surface area contributed by atoms with Crippen LogP contribution in [0, 0.1) is 5.92 Å². The van der Waals surface area contributed by atoms with Crippen molar-refractivity contribution in [3.05, 3.63) is 29.8 Å². The molecule has 0 spiro atoms. The van der Waals surface area contributed by atoms with Gasteiger partial charge in [0, 0.05) is 13.1 Å². The van der Waals surface area contributed by atoms with Gasteiger partial charge in [-0.15, -0.1) is 0 Å². The standard InChI is InChI=1S/C19H29NO4/c1-5-24-19(22)11-13-20(12-10-15(2)3)18(21)14-16-6-8-17(23-4)9-7-16/h6-9,15H,5,10-14H2,1-4H3. The minimum atomic E-state index is -0.260. The highest BCUT2D eigenvalue weighted by Crippen LogP contribution is 2.13. The smallest absolute Gasteiger partial charge is 0.307 e. The van der Waals surface area contributed by atoms with E-state index in [1.165, 1.54) is 0 Å². The topological polar surface area (TPSA) is 55.8 Å². The predicted octanol–water partition coefficient (Wildman–Crippen LogP) is 3.07. The second kappa shape index (κ2) is 10.7. The van der Waals surface area contributed by atoms with Crippen molar-refractivity contribution in [1.82, 2.24) is 4.90 Å². The van der Waals surface area contributed by atoms with E-state index in [1.54, 1.807) is 18.9 Å². The van der Waals surface area contributed by atoms with Crippen molar-refractivity contribution in [2.75, 3.05) is 26.8 Å². The summed E-state index contributed by atoms with van der Waals surface area (Å²) < 4.78 is 10.1. The molecule has 0 saturated carbocycles. The van der Waals surface area contributed by atoms with E-state index >= 15 is 0 Å². The van der Waals surface area contributed by atoms with Crippen LogP contribution in [-0.4, -0.2) is 43.6 Å². The molecule has 0 atom stereocenters. The Labute approximate surface area is 144 Å². The molecule has 0 heterocycles. The van der Waals surface area contributed by atoms with Crippen molar-refractivity contribution < 1.29 is 19.1 Å². The lowest BCUT2D eigenvalue weighted by molar-refractivity contribution is -0.144. The van der Waals surface area contributed by atoms with Crippen molar-refractivity contribution >= 4 is 11.9 Å². The molecular weight excluding hydrogens is 306 g/mol. The second-order valence-electron chi connectivity index (χ2n) is 6.14. The number of hydrogen-bond acceptors (Lipinski definition) is 4. The summed E-state index contributed by atoms with van der Waals surface area (Å²) in [5.41, 5.74) is 0.937. The number of carbonyl (C=O) groups excluding carboxylic acids is 2. The fourth-order valence-electron chi connectivity index (χ4n) is 2.26. The van der Waals surface area contributed by atoms with Gasteiger partial charge in [-0.25, -0.2) is 0 Å². The predicted molar refractivity (Wildman–Crippen MR) is 94.0 cm³/mol. The Kier molecular flexibility index (Phi) is 8.90.